The largest absolute Gasteiger partial charge is 0.488 e. The quantitative estimate of drug-likeness (QED) is 0.495. The van der Waals surface area contributed by atoms with Gasteiger partial charge in [-0.05, 0) is 62.3 Å². The number of nitrogens with zero attached hydrogens (tertiary/aromatic N) is 2. The van der Waals surface area contributed by atoms with Gasteiger partial charge in [-0.25, -0.2) is 4.98 Å². The molecule has 1 aliphatic rings. The van der Waals surface area contributed by atoms with Crippen LogP contribution in [0.4, 0.5) is 0 Å². The molecule has 1 aromatic carbocycles. The molecule has 0 spiro atoms. The molecule has 0 saturated heterocycles. The predicted octanol–water partition coefficient (Wildman–Crippen LogP) is 2.88. The molecule has 3 N–H and O–H groups in total. The maximum atomic E-state index is 10.7. The number of benzene rings is 1. The third-order valence-corrected chi connectivity index (χ3v) is 5.80. The number of carboxylic acid groups (broad SMARTS) is 1. The van der Waals surface area contributed by atoms with Crippen LogP contribution in [0.25, 0.3) is 0 Å². The molecule has 0 amide bonds. The van der Waals surface area contributed by atoms with Crippen molar-refractivity contribution in [2.24, 2.45) is 5.92 Å². The summed E-state index contributed by atoms with van der Waals surface area (Å²) in [5, 5.41) is 31.9. The van der Waals surface area contributed by atoms with Crippen molar-refractivity contribution < 1.29 is 19.7 Å². The highest BCUT2D eigenvalue weighted by Gasteiger charge is 2.28. The van der Waals surface area contributed by atoms with E-state index in [9.17, 15) is 15.2 Å². The molecule has 2 aromatic rings. The van der Waals surface area contributed by atoms with Crippen LogP contribution < -0.4 is 10.1 Å². The summed E-state index contributed by atoms with van der Waals surface area (Å²) in [6.07, 6.45) is 2.66. The molecule has 0 unspecified atom stereocenters. The van der Waals surface area contributed by atoms with E-state index in [-0.39, 0.29) is 36.4 Å². The number of rotatable bonds is 11. The molecule has 0 fully saturated rings. The minimum Gasteiger partial charge on any atom is -0.488 e. The van der Waals surface area contributed by atoms with Crippen LogP contribution >= 0.6 is 0 Å². The minimum absolute atomic E-state index is 0.0305. The number of aliphatic hydroxyl groups excluding tert-OH is 1. The number of hydrogen-bond donors (Lipinski definition) is 3. The van der Waals surface area contributed by atoms with E-state index in [0.29, 0.717) is 18.2 Å². The number of pyridine rings is 1. The summed E-state index contributed by atoms with van der Waals surface area (Å²) in [5.74, 6) is -0.0394. The lowest BCUT2D eigenvalue weighted by atomic mass is 9.88. The zero-order chi connectivity index (χ0) is 23.1. The van der Waals surface area contributed by atoms with Crippen molar-refractivity contribution in [3.63, 3.8) is 0 Å². The summed E-state index contributed by atoms with van der Waals surface area (Å²) in [6.45, 7) is 4.70. The van der Waals surface area contributed by atoms with Gasteiger partial charge in [-0.15, -0.1) is 0 Å². The first-order valence-electron chi connectivity index (χ1n) is 11.0. The molecule has 170 valence electrons. The Morgan fingerprint density at radius 3 is 2.59 bits per heavy atom. The first-order chi connectivity index (χ1) is 15.3. The normalized spacial score (nSPS) is 14.6. The Balaban J connectivity index is 1.45. The van der Waals surface area contributed by atoms with Gasteiger partial charge in [-0.3, -0.25) is 4.79 Å². The Hall–Kier alpha value is -2.95. The van der Waals surface area contributed by atoms with Crippen molar-refractivity contribution in [1.82, 2.24) is 10.3 Å². The number of aliphatic hydroxyl groups is 1. The number of β-amino-alcohol motifs (C(OH)–C–C–N with tert-alkyl or cyclic N) is 1. The second-order valence-electron chi connectivity index (χ2n) is 9.13. The van der Waals surface area contributed by atoms with Gasteiger partial charge < -0.3 is 20.3 Å². The smallest absolute Gasteiger partial charge is 0.303 e. The number of ether oxygens (including phenoxy) is 1. The van der Waals surface area contributed by atoms with Gasteiger partial charge >= 0.3 is 5.97 Å². The molecule has 1 aliphatic carbocycles. The monoisotopic (exact) mass is 437 g/mol. The van der Waals surface area contributed by atoms with Crippen molar-refractivity contribution in [3.05, 3.63) is 58.9 Å². The van der Waals surface area contributed by atoms with Crippen LogP contribution in [-0.2, 0) is 24.1 Å². The summed E-state index contributed by atoms with van der Waals surface area (Å²) in [7, 11) is 0. The van der Waals surface area contributed by atoms with Crippen LogP contribution in [-0.4, -0.2) is 46.0 Å². The molecule has 1 heterocycles. The van der Waals surface area contributed by atoms with Gasteiger partial charge in [-0.2, -0.15) is 5.26 Å². The Morgan fingerprint density at radius 1 is 1.28 bits per heavy atom. The summed E-state index contributed by atoms with van der Waals surface area (Å²) in [6, 6.07) is 13.8. The lowest BCUT2D eigenvalue weighted by Crippen LogP contribution is -2.46. The molecule has 0 saturated carbocycles. The topological polar surface area (TPSA) is 115 Å². The fourth-order valence-electron chi connectivity index (χ4n) is 4.28. The van der Waals surface area contributed by atoms with Crippen LogP contribution in [0.5, 0.6) is 5.75 Å². The molecule has 32 heavy (non-hydrogen) atoms. The summed E-state index contributed by atoms with van der Waals surface area (Å²) >= 11 is 0. The van der Waals surface area contributed by atoms with Gasteiger partial charge in [0.15, 0.2) is 11.4 Å². The number of nitrogens with one attached hydrogen (secondary N) is 1. The number of carboxylic acids is 1. The van der Waals surface area contributed by atoms with Crippen LogP contribution in [0, 0.1) is 17.2 Å². The van der Waals surface area contributed by atoms with Gasteiger partial charge in [-0.1, -0.05) is 24.3 Å². The van der Waals surface area contributed by atoms with Gasteiger partial charge in [0.05, 0.1) is 6.42 Å². The van der Waals surface area contributed by atoms with E-state index in [0.717, 1.165) is 19.3 Å². The van der Waals surface area contributed by atoms with E-state index in [1.165, 1.54) is 11.1 Å². The van der Waals surface area contributed by atoms with E-state index in [1.54, 1.807) is 12.1 Å². The highest BCUT2D eigenvalue weighted by Crippen LogP contribution is 2.31. The molecule has 1 atom stereocenters. The molecule has 7 nitrogen and oxygen atoms in total. The van der Waals surface area contributed by atoms with Crippen molar-refractivity contribution in [1.29, 1.82) is 5.26 Å². The molecule has 0 aliphatic heterocycles. The average Bonchev–Trinajstić information content (AvgIpc) is 3.16. The number of aliphatic carboxylic acids is 1. The Labute approximate surface area is 189 Å². The summed E-state index contributed by atoms with van der Waals surface area (Å²) < 4.78 is 5.62. The van der Waals surface area contributed by atoms with Gasteiger partial charge in [0.1, 0.15) is 18.8 Å². The SMILES string of the molecule is CC(C)(CC1Cc2ccccc2C1)NC[C@@H](O)COc1ccc(CCC(=O)O)nc1C#N. The van der Waals surface area contributed by atoms with Crippen molar-refractivity contribution >= 4 is 5.97 Å². The number of aromatic nitrogens is 1. The zero-order valence-corrected chi connectivity index (χ0v) is 18.7. The van der Waals surface area contributed by atoms with Crippen LogP contribution in [0.2, 0.25) is 0 Å². The van der Waals surface area contributed by atoms with Gasteiger partial charge in [0.25, 0.3) is 0 Å². The number of carbonyl (C=O) groups is 1. The van der Waals surface area contributed by atoms with Crippen LogP contribution in [0.15, 0.2) is 36.4 Å². The van der Waals surface area contributed by atoms with Gasteiger partial charge in [0.2, 0.25) is 0 Å². The van der Waals surface area contributed by atoms with E-state index in [1.807, 2.05) is 6.07 Å². The molecule has 0 radical (unpaired) electrons. The Morgan fingerprint density at radius 2 is 1.97 bits per heavy atom. The highest BCUT2D eigenvalue weighted by molar-refractivity contribution is 5.67. The molecule has 0 bridgehead atoms. The fraction of sp³-hybridized carbons (Fsp3) is 0.480. The molecular formula is C25H31N3O4. The third kappa shape index (κ3) is 6.78. The first kappa shape index (κ1) is 23.7. The first-order valence-corrected chi connectivity index (χ1v) is 11.0. The van der Waals surface area contributed by atoms with E-state index >= 15 is 0 Å². The lowest BCUT2D eigenvalue weighted by Gasteiger charge is -2.30. The highest BCUT2D eigenvalue weighted by atomic mass is 16.5. The van der Waals surface area contributed by atoms with Crippen LogP contribution in [0.1, 0.15) is 49.2 Å². The summed E-state index contributed by atoms with van der Waals surface area (Å²) in [4.78, 5) is 14.9. The predicted molar refractivity (Wildman–Crippen MR) is 120 cm³/mol. The lowest BCUT2D eigenvalue weighted by molar-refractivity contribution is -0.136. The second-order valence-corrected chi connectivity index (χ2v) is 9.13. The number of fused-ring (bicyclic) bond motifs is 1. The fourth-order valence-corrected chi connectivity index (χ4v) is 4.28. The standard InChI is InChI=1S/C25H31N3O4/c1-25(2,13-17-11-18-5-3-4-6-19(18)12-17)27-15-21(29)16-32-23-9-7-20(8-10-24(30)31)28-22(23)14-26/h3-7,9,17,21,27,29H,8,10-13,15-16H2,1-2H3,(H,30,31)/t21-/m1/s1. The van der Waals surface area contributed by atoms with Crippen LogP contribution in [0.3, 0.4) is 0 Å². The number of nitriles is 1. The summed E-state index contributed by atoms with van der Waals surface area (Å²) in [5.41, 5.74) is 3.37. The average molecular weight is 438 g/mol. The second kappa shape index (κ2) is 10.6. The van der Waals surface area contributed by atoms with E-state index < -0.39 is 12.1 Å². The zero-order valence-electron chi connectivity index (χ0n) is 18.7. The number of aryl methyl sites for hydroxylation is 1. The Bertz CT molecular complexity index is 958. The third-order valence-electron chi connectivity index (χ3n) is 5.80. The number of hydrogen-bond acceptors (Lipinski definition) is 6. The Kier molecular flexibility index (Phi) is 7.84. The van der Waals surface area contributed by atoms with Gasteiger partial charge in [0, 0.05) is 24.2 Å². The minimum atomic E-state index is -0.915. The van der Waals surface area contributed by atoms with E-state index in [4.69, 9.17) is 9.84 Å². The van der Waals surface area contributed by atoms with E-state index in [2.05, 4.69) is 48.4 Å². The maximum Gasteiger partial charge on any atom is 0.303 e. The molecular weight excluding hydrogens is 406 g/mol. The van der Waals surface area contributed by atoms with Crippen molar-refractivity contribution in [2.45, 2.75) is 57.6 Å². The molecule has 7 heteroatoms. The maximum absolute atomic E-state index is 10.7. The molecule has 1 aromatic heterocycles. The van der Waals surface area contributed by atoms with Crippen molar-refractivity contribution in [3.8, 4) is 11.8 Å². The van der Waals surface area contributed by atoms with Crippen molar-refractivity contribution in [2.75, 3.05) is 13.2 Å². The molecule has 3 rings (SSSR count).